The number of aromatic nitrogens is 1. The number of ether oxygens (including phenoxy) is 1. The quantitative estimate of drug-likeness (QED) is 0.245. The number of amides is 1. The van der Waals surface area contributed by atoms with Crippen LogP contribution in [-0.2, 0) is 10.0 Å². The van der Waals surface area contributed by atoms with E-state index in [1.165, 1.54) is 23.5 Å². The van der Waals surface area contributed by atoms with Crippen LogP contribution in [-0.4, -0.2) is 43.3 Å². The summed E-state index contributed by atoms with van der Waals surface area (Å²) in [5, 5.41) is 5.53. The number of hydrogen-bond donors (Lipinski definition) is 1. The molecule has 204 valence electrons. The van der Waals surface area contributed by atoms with Gasteiger partial charge in [-0.25, -0.2) is 13.4 Å². The van der Waals surface area contributed by atoms with Gasteiger partial charge in [-0.2, -0.15) is 4.31 Å². The number of sulfonamides is 1. The Kier molecular flexibility index (Phi) is 10.1. The highest BCUT2D eigenvalue weighted by atomic mass is 35.5. The fraction of sp³-hybridized carbons (Fsp3) is 0.407. The van der Waals surface area contributed by atoms with Gasteiger partial charge in [-0.1, -0.05) is 67.9 Å². The molecule has 1 fully saturated rings. The number of unbranched alkanes of at least 4 members (excludes halogenated alkanes) is 2. The summed E-state index contributed by atoms with van der Waals surface area (Å²) in [4.78, 5) is 17.6. The van der Waals surface area contributed by atoms with Gasteiger partial charge in [0.25, 0.3) is 5.91 Å². The number of nitrogens with zero attached hydrogens (tertiary/aromatic N) is 2. The monoisotopic (exact) mass is 595 g/mol. The van der Waals surface area contributed by atoms with Crippen LogP contribution in [0.15, 0.2) is 46.7 Å². The van der Waals surface area contributed by atoms with Crippen LogP contribution in [0.3, 0.4) is 0 Å². The van der Waals surface area contributed by atoms with Gasteiger partial charge in [0.1, 0.15) is 0 Å². The number of benzene rings is 2. The van der Waals surface area contributed by atoms with Crippen molar-refractivity contribution in [3.8, 4) is 17.0 Å². The van der Waals surface area contributed by atoms with Crippen LogP contribution in [0.4, 0.5) is 5.13 Å². The van der Waals surface area contributed by atoms with Crippen molar-refractivity contribution in [2.45, 2.75) is 56.8 Å². The van der Waals surface area contributed by atoms with Crippen LogP contribution in [0.25, 0.3) is 11.3 Å². The molecule has 0 spiro atoms. The SMILES string of the molecule is CCCCCOc1c(Cl)cc(C(=O)Nc2nc(-c3ccc(S(=O)(=O)N4CCCCCC4)cc3)cs2)cc1Cl. The summed E-state index contributed by atoms with van der Waals surface area (Å²) < 4.78 is 33.3. The highest BCUT2D eigenvalue weighted by Crippen LogP contribution is 2.35. The number of thiazole rings is 1. The number of nitrogens with one attached hydrogen (secondary N) is 1. The topological polar surface area (TPSA) is 88.6 Å². The molecule has 2 heterocycles. The van der Waals surface area contributed by atoms with E-state index in [1.54, 1.807) is 34.0 Å². The second kappa shape index (κ2) is 13.3. The van der Waals surface area contributed by atoms with E-state index in [9.17, 15) is 13.2 Å². The Hall–Kier alpha value is -2.17. The van der Waals surface area contributed by atoms with Crippen molar-refractivity contribution < 1.29 is 17.9 Å². The minimum Gasteiger partial charge on any atom is -0.490 e. The first-order valence-electron chi connectivity index (χ1n) is 12.8. The van der Waals surface area contributed by atoms with Crippen molar-refractivity contribution in [3.05, 3.63) is 57.4 Å². The number of anilines is 1. The van der Waals surface area contributed by atoms with E-state index in [2.05, 4.69) is 17.2 Å². The Bertz CT molecular complexity index is 1330. The van der Waals surface area contributed by atoms with Gasteiger partial charge in [-0.15, -0.1) is 11.3 Å². The lowest BCUT2D eigenvalue weighted by Gasteiger charge is -2.19. The van der Waals surface area contributed by atoms with Crippen LogP contribution < -0.4 is 10.1 Å². The second-order valence-corrected chi connectivity index (χ2v) is 12.8. The predicted molar refractivity (Wildman–Crippen MR) is 154 cm³/mol. The van der Waals surface area contributed by atoms with Gasteiger partial charge in [0.2, 0.25) is 10.0 Å². The van der Waals surface area contributed by atoms with Crippen molar-refractivity contribution in [1.29, 1.82) is 0 Å². The molecular weight excluding hydrogens is 565 g/mol. The molecule has 0 unspecified atom stereocenters. The molecule has 4 rings (SSSR count). The third kappa shape index (κ3) is 7.07. The molecule has 0 bridgehead atoms. The summed E-state index contributed by atoms with van der Waals surface area (Å²) >= 11 is 13.9. The van der Waals surface area contributed by atoms with E-state index in [0.717, 1.165) is 50.5 Å². The average Bonchev–Trinajstić information content (AvgIpc) is 3.18. The van der Waals surface area contributed by atoms with E-state index in [4.69, 9.17) is 27.9 Å². The zero-order chi connectivity index (χ0) is 27.1. The van der Waals surface area contributed by atoms with Crippen LogP contribution in [0, 0.1) is 0 Å². The lowest BCUT2D eigenvalue weighted by Crippen LogP contribution is -2.31. The fourth-order valence-corrected chi connectivity index (χ4v) is 7.04. The second-order valence-electron chi connectivity index (χ2n) is 9.16. The molecular formula is C27H31Cl2N3O4S2. The molecule has 1 aliphatic rings. The molecule has 1 amide bonds. The molecule has 1 aromatic heterocycles. The molecule has 2 aromatic carbocycles. The maximum Gasteiger partial charge on any atom is 0.257 e. The van der Waals surface area contributed by atoms with Gasteiger partial charge >= 0.3 is 0 Å². The maximum atomic E-state index is 13.0. The van der Waals surface area contributed by atoms with Crippen molar-refractivity contribution >= 4 is 55.6 Å². The molecule has 11 heteroatoms. The third-order valence-electron chi connectivity index (χ3n) is 6.33. The number of hydrogen-bond acceptors (Lipinski definition) is 6. The Morgan fingerprint density at radius 3 is 2.34 bits per heavy atom. The van der Waals surface area contributed by atoms with Crippen LogP contribution in [0.1, 0.15) is 62.2 Å². The summed E-state index contributed by atoms with van der Waals surface area (Å²) in [5.74, 6) is -0.0232. The number of carbonyl (C=O) groups is 1. The average molecular weight is 597 g/mol. The highest BCUT2D eigenvalue weighted by molar-refractivity contribution is 7.89. The minimum atomic E-state index is -3.52. The number of carbonyl (C=O) groups excluding carboxylic acids is 1. The first kappa shape index (κ1) is 28.8. The Labute approximate surface area is 238 Å². The summed E-state index contributed by atoms with van der Waals surface area (Å²) in [5.41, 5.74) is 1.68. The molecule has 1 saturated heterocycles. The van der Waals surface area contributed by atoms with Gasteiger partial charge in [0, 0.05) is 29.6 Å². The smallest absolute Gasteiger partial charge is 0.257 e. The molecule has 0 saturated carbocycles. The van der Waals surface area contributed by atoms with Gasteiger partial charge < -0.3 is 4.74 Å². The maximum absolute atomic E-state index is 13.0. The van der Waals surface area contributed by atoms with E-state index in [1.807, 2.05) is 0 Å². The zero-order valence-electron chi connectivity index (χ0n) is 21.2. The van der Waals surface area contributed by atoms with Gasteiger partial charge in [0.15, 0.2) is 10.9 Å². The van der Waals surface area contributed by atoms with Gasteiger partial charge in [0.05, 0.1) is 27.2 Å². The molecule has 0 aliphatic carbocycles. The fourth-order valence-electron chi connectivity index (χ4n) is 4.22. The van der Waals surface area contributed by atoms with Crippen LogP contribution in [0.2, 0.25) is 10.0 Å². The number of rotatable bonds is 10. The van der Waals surface area contributed by atoms with Crippen molar-refractivity contribution in [1.82, 2.24) is 9.29 Å². The van der Waals surface area contributed by atoms with E-state index in [0.29, 0.717) is 41.8 Å². The highest BCUT2D eigenvalue weighted by Gasteiger charge is 2.25. The Balaban J connectivity index is 1.41. The first-order valence-corrected chi connectivity index (χ1v) is 15.9. The molecule has 0 radical (unpaired) electrons. The van der Waals surface area contributed by atoms with Crippen molar-refractivity contribution in [2.75, 3.05) is 25.0 Å². The molecule has 3 aromatic rings. The summed E-state index contributed by atoms with van der Waals surface area (Å²) in [6.07, 6.45) is 6.93. The first-order chi connectivity index (χ1) is 18.3. The van der Waals surface area contributed by atoms with E-state index in [-0.39, 0.29) is 14.9 Å². The zero-order valence-corrected chi connectivity index (χ0v) is 24.4. The van der Waals surface area contributed by atoms with Gasteiger partial charge in [-0.05, 0) is 43.5 Å². The van der Waals surface area contributed by atoms with Gasteiger partial charge in [-0.3, -0.25) is 10.1 Å². The van der Waals surface area contributed by atoms with E-state index >= 15 is 0 Å². The van der Waals surface area contributed by atoms with Crippen molar-refractivity contribution in [2.24, 2.45) is 0 Å². The van der Waals surface area contributed by atoms with Crippen molar-refractivity contribution in [3.63, 3.8) is 0 Å². The largest absolute Gasteiger partial charge is 0.490 e. The molecule has 0 atom stereocenters. The molecule has 7 nitrogen and oxygen atoms in total. The molecule has 1 N–H and O–H groups in total. The van der Waals surface area contributed by atoms with Crippen LogP contribution >= 0.6 is 34.5 Å². The summed E-state index contributed by atoms with van der Waals surface area (Å²) in [6.45, 7) is 3.74. The molecule has 38 heavy (non-hydrogen) atoms. The normalized spacial score (nSPS) is 14.7. The molecule has 1 aliphatic heterocycles. The standard InChI is InChI=1S/C27H31Cl2N3O4S2/c1-2-3-8-15-36-25-22(28)16-20(17-23(25)29)26(33)31-27-30-24(18-37-27)19-9-11-21(12-10-19)38(34,35)32-13-6-4-5-7-14-32/h9-12,16-18H,2-8,13-15H2,1H3,(H,30,31,33). The van der Waals surface area contributed by atoms with E-state index < -0.39 is 15.9 Å². The number of halogens is 2. The minimum absolute atomic E-state index is 0.272. The lowest BCUT2D eigenvalue weighted by molar-refractivity contribution is 0.102. The Morgan fingerprint density at radius 1 is 1.05 bits per heavy atom. The summed E-state index contributed by atoms with van der Waals surface area (Å²) in [7, 11) is -3.52. The predicted octanol–water partition coefficient (Wildman–Crippen LogP) is 7.50. The lowest BCUT2D eigenvalue weighted by atomic mass is 10.2. The Morgan fingerprint density at radius 2 is 1.71 bits per heavy atom. The third-order valence-corrected chi connectivity index (χ3v) is 9.56. The summed E-state index contributed by atoms with van der Waals surface area (Å²) in [6, 6.07) is 9.76. The van der Waals surface area contributed by atoms with Crippen LogP contribution in [0.5, 0.6) is 5.75 Å².